The molecule has 1 fully saturated rings. The van der Waals surface area contributed by atoms with E-state index in [1.54, 1.807) is 18.9 Å². The van der Waals surface area contributed by atoms with Gasteiger partial charge < -0.3 is 9.47 Å². The van der Waals surface area contributed by atoms with Crippen molar-refractivity contribution < 1.29 is 14.3 Å². The Morgan fingerprint density at radius 3 is 2.64 bits per heavy atom. The van der Waals surface area contributed by atoms with Crippen molar-refractivity contribution >= 4 is 29.9 Å². The van der Waals surface area contributed by atoms with E-state index < -0.39 is 0 Å². The summed E-state index contributed by atoms with van der Waals surface area (Å²) in [5, 5.41) is 4.65. The second kappa shape index (κ2) is 9.11. The molecule has 1 aliphatic heterocycles. The maximum Gasteiger partial charge on any atom is 0.320 e. The van der Waals surface area contributed by atoms with Gasteiger partial charge >= 0.3 is 5.97 Å². The van der Waals surface area contributed by atoms with Gasteiger partial charge in [0, 0.05) is 30.4 Å². The van der Waals surface area contributed by atoms with Crippen LogP contribution in [0.5, 0.6) is 5.75 Å². The van der Waals surface area contributed by atoms with Crippen LogP contribution in [0.25, 0.3) is 11.4 Å². The fourth-order valence-corrected chi connectivity index (χ4v) is 4.80. The minimum Gasteiger partial charge on any atom is -0.497 e. The number of hydrogen-bond acceptors (Lipinski definition) is 7. The predicted octanol–water partition coefficient (Wildman–Crippen LogP) is 3.22. The van der Waals surface area contributed by atoms with Gasteiger partial charge in [-0.1, -0.05) is 0 Å². The minimum absolute atomic E-state index is 0.166. The van der Waals surface area contributed by atoms with Crippen molar-refractivity contribution in [3.63, 3.8) is 0 Å². The smallest absolute Gasteiger partial charge is 0.320 e. The van der Waals surface area contributed by atoms with Crippen molar-refractivity contribution in [3.05, 3.63) is 29.0 Å². The summed E-state index contributed by atoms with van der Waals surface area (Å²) in [6.45, 7) is 6.26. The standard InChI is InChI=1S/C19H26N4O3S2/c1-13(2)23-17(14-5-7-15(25-3)8-6-14)20-22(19(23)27)12-21-9-10-28-16(11-21)18(24)26-4/h5-8,13,16H,9-12H2,1-4H3/t16-/m0/s1. The molecule has 1 saturated heterocycles. The van der Waals surface area contributed by atoms with Gasteiger partial charge in [-0.25, -0.2) is 4.68 Å². The lowest BCUT2D eigenvalue weighted by Crippen LogP contribution is -2.42. The Balaban J connectivity index is 1.87. The summed E-state index contributed by atoms with van der Waals surface area (Å²) in [5.74, 6) is 2.34. The van der Waals surface area contributed by atoms with E-state index in [0.29, 0.717) is 18.0 Å². The van der Waals surface area contributed by atoms with Crippen LogP contribution in [-0.2, 0) is 16.2 Å². The van der Waals surface area contributed by atoms with E-state index in [9.17, 15) is 4.79 Å². The van der Waals surface area contributed by atoms with Crippen molar-refractivity contribution in [1.82, 2.24) is 19.2 Å². The summed E-state index contributed by atoms with van der Waals surface area (Å²) >= 11 is 7.36. The first-order chi connectivity index (χ1) is 13.4. The average molecular weight is 423 g/mol. The molecular formula is C19H26N4O3S2. The average Bonchev–Trinajstić information content (AvgIpc) is 3.04. The molecule has 9 heteroatoms. The van der Waals surface area contributed by atoms with Gasteiger partial charge in [-0.15, -0.1) is 11.8 Å². The van der Waals surface area contributed by atoms with Crippen LogP contribution in [0.3, 0.4) is 0 Å². The van der Waals surface area contributed by atoms with E-state index in [1.165, 1.54) is 7.11 Å². The molecule has 0 spiro atoms. The molecule has 2 aromatic rings. The van der Waals surface area contributed by atoms with Crippen molar-refractivity contribution in [2.24, 2.45) is 0 Å². The van der Waals surface area contributed by atoms with Gasteiger partial charge in [-0.05, 0) is 50.3 Å². The van der Waals surface area contributed by atoms with Gasteiger partial charge in [-0.3, -0.25) is 14.3 Å². The number of hydrogen-bond donors (Lipinski definition) is 0. The van der Waals surface area contributed by atoms with E-state index in [1.807, 2.05) is 28.9 Å². The number of carbonyl (C=O) groups excluding carboxylic acids is 1. The molecule has 2 heterocycles. The van der Waals surface area contributed by atoms with Crippen molar-refractivity contribution in [1.29, 1.82) is 0 Å². The zero-order valence-corrected chi connectivity index (χ0v) is 18.3. The second-order valence-electron chi connectivity index (χ2n) is 6.90. The molecule has 0 bridgehead atoms. The zero-order valence-electron chi connectivity index (χ0n) is 16.6. The molecule has 1 aromatic heterocycles. The van der Waals surface area contributed by atoms with Crippen LogP contribution in [0.1, 0.15) is 19.9 Å². The van der Waals surface area contributed by atoms with Crippen LogP contribution in [0.4, 0.5) is 0 Å². The first kappa shape index (κ1) is 20.9. The minimum atomic E-state index is -0.176. The lowest BCUT2D eigenvalue weighted by molar-refractivity contribution is -0.140. The number of rotatable bonds is 6. The molecule has 1 atom stereocenters. The van der Waals surface area contributed by atoms with Crippen LogP contribution in [-0.4, -0.2) is 63.5 Å². The summed E-state index contributed by atoms with van der Waals surface area (Å²) in [5.41, 5.74) is 0.987. The normalized spacial score (nSPS) is 17.7. The molecule has 0 radical (unpaired) electrons. The first-order valence-electron chi connectivity index (χ1n) is 9.20. The van der Waals surface area contributed by atoms with Gasteiger partial charge in [0.05, 0.1) is 20.9 Å². The lowest BCUT2D eigenvalue weighted by Gasteiger charge is -2.30. The highest BCUT2D eigenvalue weighted by Crippen LogP contribution is 2.25. The number of benzene rings is 1. The summed E-state index contributed by atoms with van der Waals surface area (Å²) in [6.07, 6.45) is 0. The highest BCUT2D eigenvalue weighted by Gasteiger charge is 2.28. The Morgan fingerprint density at radius 1 is 1.32 bits per heavy atom. The van der Waals surface area contributed by atoms with Crippen molar-refractivity contribution in [2.45, 2.75) is 31.8 Å². The summed E-state index contributed by atoms with van der Waals surface area (Å²) < 4.78 is 14.7. The highest BCUT2D eigenvalue weighted by molar-refractivity contribution is 8.00. The van der Waals surface area contributed by atoms with Gasteiger partial charge in [0.15, 0.2) is 10.6 Å². The van der Waals surface area contributed by atoms with E-state index in [2.05, 4.69) is 23.3 Å². The van der Waals surface area contributed by atoms with Crippen LogP contribution < -0.4 is 4.74 Å². The Morgan fingerprint density at radius 2 is 2.04 bits per heavy atom. The molecular weight excluding hydrogens is 396 g/mol. The zero-order chi connectivity index (χ0) is 20.3. The Labute approximate surface area is 174 Å². The lowest BCUT2D eigenvalue weighted by atomic mass is 10.2. The maximum atomic E-state index is 11.9. The maximum absolute atomic E-state index is 11.9. The largest absolute Gasteiger partial charge is 0.497 e. The van der Waals surface area contributed by atoms with Crippen LogP contribution >= 0.6 is 24.0 Å². The predicted molar refractivity (Wildman–Crippen MR) is 113 cm³/mol. The fourth-order valence-electron chi connectivity index (χ4n) is 3.21. The number of nitrogens with zero attached hydrogens (tertiary/aromatic N) is 4. The summed E-state index contributed by atoms with van der Waals surface area (Å²) in [7, 11) is 3.08. The molecule has 0 amide bonds. The molecule has 7 nitrogen and oxygen atoms in total. The van der Waals surface area contributed by atoms with Crippen molar-refractivity contribution in [2.75, 3.05) is 33.1 Å². The number of carbonyl (C=O) groups is 1. The number of aromatic nitrogens is 3. The molecule has 1 aromatic carbocycles. The number of thioether (sulfide) groups is 1. The Bertz CT molecular complexity index is 876. The van der Waals surface area contributed by atoms with Gasteiger partial charge in [0.25, 0.3) is 0 Å². The SMILES string of the molecule is COC(=O)[C@@H]1CN(Cn2nc(-c3ccc(OC)cc3)n(C(C)C)c2=S)CCS1. The molecule has 0 N–H and O–H groups in total. The second-order valence-corrected chi connectivity index (χ2v) is 8.57. The summed E-state index contributed by atoms with van der Waals surface area (Å²) in [6, 6.07) is 8.00. The summed E-state index contributed by atoms with van der Waals surface area (Å²) in [4.78, 5) is 14.1. The van der Waals surface area contributed by atoms with Gasteiger partial charge in [0.2, 0.25) is 0 Å². The third kappa shape index (κ3) is 4.42. The van der Waals surface area contributed by atoms with Crippen LogP contribution in [0.2, 0.25) is 0 Å². The van der Waals surface area contributed by atoms with E-state index in [0.717, 1.165) is 29.4 Å². The van der Waals surface area contributed by atoms with Crippen molar-refractivity contribution in [3.8, 4) is 17.1 Å². The van der Waals surface area contributed by atoms with Gasteiger partial charge in [0.1, 0.15) is 11.0 Å². The number of esters is 1. The van der Waals surface area contributed by atoms with E-state index >= 15 is 0 Å². The number of methoxy groups -OCH3 is 2. The quantitative estimate of drug-likeness (QED) is 0.523. The number of ether oxygens (including phenoxy) is 2. The Hall–Kier alpha value is -1.84. The molecule has 0 unspecified atom stereocenters. The molecule has 152 valence electrons. The van der Waals surface area contributed by atoms with Gasteiger partial charge in [-0.2, -0.15) is 5.10 Å². The third-order valence-electron chi connectivity index (χ3n) is 4.68. The topological polar surface area (TPSA) is 61.5 Å². The molecule has 1 aliphatic rings. The Kier molecular flexibility index (Phi) is 6.79. The molecule has 0 aliphatic carbocycles. The van der Waals surface area contributed by atoms with Crippen LogP contribution in [0, 0.1) is 4.77 Å². The van der Waals surface area contributed by atoms with E-state index in [-0.39, 0.29) is 17.3 Å². The highest BCUT2D eigenvalue weighted by atomic mass is 32.2. The molecule has 28 heavy (non-hydrogen) atoms. The first-order valence-corrected chi connectivity index (χ1v) is 10.7. The van der Waals surface area contributed by atoms with Crippen LogP contribution in [0.15, 0.2) is 24.3 Å². The third-order valence-corrected chi connectivity index (χ3v) is 6.25. The molecule has 3 rings (SSSR count). The van der Waals surface area contributed by atoms with E-state index in [4.69, 9.17) is 26.8 Å². The fraction of sp³-hybridized carbons (Fsp3) is 0.526. The monoisotopic (exact) mass is 422 g/mol. The molecule has 0 saturated carbocycles.